The summed E-state index contributed by atoms with van der Waals surface area (Å²) in [7, 11) is 0. The van der Waals surface area contributed by atoms with Crippen LogP contribution in [0, 0.1) is 6.92 Å². The van der Waals surface area contributed by atoms with Gasteiger partial charge < -0.3 is 17.0 Å². The van der Waals surface area contributed by atoms with Crippen molar-refractivity contribution in [3.8, 4) is 11.1 Å². The van der Waals surface area contributed by atoms with Gasteiger partial charge in [0.1, 0.15) is 0 Å². The molecule has 72 valence electrons. The van der Waals surface area contributed by atoms with Crippen molar-refractivity contribution in [2.75, 3.05) is 0 Å². The quantitative estimate of drug-likeness (QED) is 0.512. The first-order chi connectivity index (χ1) is 6.36. The van der Waals surface area contributed by atoms with Gasteiger partial charge in [0.15, 0.2) is 0 Å². The van der Waals surface area contributed by atoms with Gasteiger partial charge in [0.25, 0.3) is 0 Å². The van der Waals surface area contributed by atoms with Gasteiger partial charge in [0.05, 0.1) is 0 Å². The SMILES string of the molecule is [Br-].[CH2-]c1ccc(-c2ccccc2)cc1.[Mg+2]. The largest absolute Gasteiger partial charge is 2.00 e. The maximum atomic E-state index is 3.86. The predicted molar refractivity (Wildman–Crippen MR) is 62.1 cm³/mol. The maximum absolute atomic E-state index is 3.86. The molecule has 0 aromatic heterocycles. The van der Waals surface area contributed by atoms with E-state index in [2.05, 4.69) is 31.2 Å². The Morgan fingerprint density at radius 3 is 1.67 bits per heavy atom. The Morgan fingerprint density at radius 1 is 0.667 bits per heavy atom. The first-order valence-electron chi connectivity index (χ1n) is 4.34. The summed E-state index contributed by atoms with van der Waals surface area (Å²) in [6, 6.07) is 18.6. The molecule has 0 saturated heterocycles. The van der Waals surface area contributed by atoms with Gasteiger partial charge in [-0.2, -0.15) is 24.6 Å². The summed E-state index contributed by atoms with van der Waals surface area (Å²) in [5.41, 5.74) is 3.55. The zero-order valence-electron chi connectivity index (χ0n) is 8.49. The van der Waals surface area contributed by atoms with Crippen LogP contribution in [-0.4, -0.2) is 23.1 Å². The van der Waals surface area contributed by atoms with Crippen LogP contribution in [-0.2, 0) is 0 Å². The van der Waals surface area contributed by atoms with Gasteiger partial charge in [-0.1, -0.05) is 30.3 Å². The third-order valence-corrected chi connectivity index (χ3v) is 2.06. The summed E-state index contributed by atoms with van der Waals surface area (Å²) in [5, 5.41) is 0. The molecular formula is C13H11BrMg. The average Bonchev–Trinajstić information content (AvgIpc) is 2.20. The molecule has 2 heteroatoms. The van der Waals surface area contributed by atoms with Crippen LogP contribution in [0.4, 0.5) is 0 Å². The molecule has 2 aromatic rings. The molecule has 0 unspecified atom stereocenters. The average molecular weight is 271 g/mol. The molecule has 0 spiro atoms. The summed E-state index contributed by atoms with van der Waals surface area (Å²) < 4.78 is 0. The normalized spacial score (nSPS) is 8.53. The van der Waals surface area contributed by atoms with Gasteiger partial charge in [-0.15, -0.1) is 12.1 Å². The zero-order chi connectivity index (χ0) is 9.10. The van der Waals surface area contributed by atoms with Crippen molar-refractivity contribution in [3.63, 3.8) is 0 Å². The van der Waals surface area contributed by atoms with E-state index in [1.165, 1.54) is 11.1 Å². The Hall–Kier alpha value is -0.444. The number of hydrogen-bond acceptors (Lipinski definition) is 0. The summed E-state index contributed by atoms with van der Waals surface area (Å²) in [6.07, 6.45) is 0. The van der Waals surface area contributed by atoms with Crippen LogP contribution in [0.5, 0.6) is 0 Å². The predicted octanol–water partition coefficient (Wildman–Crippen LogP) is 0.159. The van der Waals surface area contributed by atoms with Crippen molar-refractivity contribution in [1.82, 2.24) is 0 Å². The van der Waals surface area contributed by atoms with Gasteiger partial charge in [-0.25, -0.2) is 0 Å². The number of rotatable bonds is 1. The van der Waals surface area contributed by atoms with Crippen molar-refractivity contribution >= 4 is 23.1 Å². The molecule has 2 aromatic carbocycles. The van der Waals surface area contributed by atoms with E-state index in [0.29, 0.717) is 0 Å². The summed E-state index contributed by atoms with van der Waals surface area (Å²) >= 11 is 0. The van der Waals surface area contributed by atoms with Crippen LogP contribution in [0.25, 0.3) is 11.1 Å². The molecule has 0 fully saturated rings. The first-order valence-corrected chi connectivity index (χ1v) is 4.34. The minimum atomic E-state index is 0. The molecule has 0 heterocycles. The fourth-order valence-electron chi connectivity index (χ4n) is 1.33. The van der Waals surface area contributed by atoms with Crippen LogP contribution >= 0.6 is 0 Å². The molecule has 0 aliphatic rings. The first kappa shape index (κ1) is 14.6. The molecule has 0 aliphatic carbocycles. The minimum absolute atomic E-state index is 0. The molecule has 0 nitrogen and oxygen atoms in total. The van der Waals surface area contributed by atoms with Crippen molar-refractivity contribution in [3.05, 3.63) is 67.1 Å². The molecule has 0 aliphatic heterocycles. The van der Waals surface area contributed by atoms with Crippen molar-refractivity contribution in [2.45, 2.75) is 0 Å². The second-order valence-corrected chi connectivity index (χ2v) is 3.06. The van der Waals surface area contributed by atoms with E-state index in [4.69, 9.17) is 0 Å². The summed E-state index contributed by atoms with van der Waals surface area (Å²) in [4.78, 5) is 0. The second kappa shape index (κ2) is 6.93. The molecular weight excluding hydrogens is 260 g/mol. The number of benzene rings is 2. The maximum Gasteiger partial charge on any atom is 2.00 e. The fourth-order valence-corrected chi connectivity index (χ4v) is 1.33. The van der Waals surface area contributed by atoms with E-state index < -0.39 is 0 Å². The van der Waals surface area contributed by atoms with Gasteiger partial charge in [0.2, 0.25) is 0 Å². The summed E-state index contributed by atoms with van der Waals surface area (Å²) in [5.74, 6) is 0. The second-order valence-electron chi connectivity index (χ2n) is 3.06. The van der Waals surface area contributed by atoms with Crippen LogP contribution < -0.4 is 17.0 Å². The van der Waals surface area contributed by atoms with E-state index >= 15 is 0 Å². The molecule has 0 saturated carbocycles. The Bertz CT molecular complexity index is 381. The van der Waals surface area contributed by atoms with E-state index in [-0.39, 0.29) is 40.0 Å². The standard InChI is InChI=1S/C13H11.BrH.Mg/c1-11-7-9-13(10-8-11)12-5-3-2-4-6-12;;/h2-10H,1H2;1H;/q-1;;+2/p-1. The molecule has 0 radical (unpaired) electrons. The van der Waals surface area contributed by atoms with E-state index in [1.54, 1.807) is 0 Å². The van der Waals surface area contributed by atoms with Crippen LogP contribution in [0.15, 0.2) is 54.6 Å². The Morgan fingerprint density at radius 2 is 1.13 bits per heavy atom. The topological polar surface area (TPSA) is 0 Å². The molecule has 0 atom stereocenters. The number of halogens is 1. The minimum Gasteiger partial charge on any atom is -1.00 e. The smallest absolute Gasteiger partial charge is 1.00 e. The molecule has 0 N–H and O–H groups in total. The molecule has 15 heavy (non-hydrogen) atoms. The fraction of sp³-hybridized carbons (Fsp3) is 0. The van der Waals surface area contributed by atoms with Crippen molar-refractivity contribution in [2.24, 2.45) is 0 Å². The third-order valence-electron chi connectivity index (χ3n) is 2.06. The summed E-state index contributed by atoms with van der Waals surface area (Å²) in [6.45, 7) is 3.86. The van der Waals surface area contributed by atoms with Crippen LogP contribution in [0.2, 0.25) is 0 Å². The monoisotopic (exact) mass is 270 g/mol. The Labute approximate surface area is 118 Å². The zero-order valence-corrected chi connectivity index (χ0v) is 11.5. The molecule has 0 amide bonds. The molecule has 0 bridgehead atoms. The Balaban J connectivity index is 0.000000980. The van der Waals surface area contributed by atoms with Gasteiger partial charge in [-0.05, 0) is 11.1 Å². The van der Waals surface area contributed by atoms with Gasteiger partial charge >= 0.3 is 23.1 Å². The van der Waals surface area contributed by atoms with Crippen LogP contribution in [0.1, 0.15) is 5.56 Å². The van der Waals surface area contributed by atoms with Gasteiger partial charge in [0, 0.05) is 0 Å². The van der Waals surface area contributed by atoms with E-state index in [1.807, 2.05) is 30.3 Å². The van der Waals surface area contributed by atoms with Crippen molar-refractivity contribution in [1.29, 1.82) is 0 Å². The Kier molecular flexibility index (Phi) is 6.73. The van der Waals surface area contributed by atoms with E-state index in [0.717, 1.165) is 5.56 Å². The van der Waals surface area contributed by atoms with Gasteiger partial charge in [-0.3, -0.25) is 0 Å². The van der Waals surface area contributed by atoms with Crippen molar-refractivity contribution < 1.29 is 17.0 Å². The van der Waals surface area contributed by atoms with Crippen LogP contribution in [0.3, 0.4) is 0 Å². The van der Waals surface area contributed by atoms with E-state index in [9.17, 15) is 0 Å². The molecule has 2 rings (SSSR count). The number of hydrogen-bond donors (Lipinski definition) is 0. The third kappa shape index (κ3) is 3.90.